The number of rotatable bonds is 8. The van der Waals surface area contributed by atoms with Gasteiger partial charge in [0.05, 0.1) is 5.57 Å². The Balaban J connectivity index is 1.40. The molecule has 164 valence electrons. The number of benzene rings is 2. The van der Waals surface area contributed by atoms with Crippen LogP contribution in [0.15, 0.2) is 68.7 Å². The van der Waals surface area contributed by atoms with Crippen LogP contribution in [0, 0.1) is 5.41 Å². The van der Waals surface area contributed by atoms with Crippen molar-refractivity contribution >= 4 is 55.7 Å². The van der Waals surface area contributed by atoms with E-state index >= 15 is 0 Å². The number of amidine groups is 2. The Labute approximate surface area is 198 Å². The van der Waals surface area contributed by atoms with E-state index < -0.39 is 5.91 Å². The van der Waals surface area contributed by atoms with Crippen LogP contribution < -0.4 is 9.47 Å². The monoisotopic (exact) mass is 512 g/mol. The van der Waals surface area contributed by atoms with Crippen molar-refractivity contribution in [3.63, 3.8) is 0 Å². The number of hydrazone groups is 1. The molecule has 0 fully saturated rings. The average molecular weight is 513 g/mol. The molecule has 4 rings (SSSR count). The van der Waals surface area contributed by atoms with E-state index in [1.807, 2.05) is 48.5 Å². The first kappa shape index (κ1) is 22.3. The zero-order valence-electron chi connectivity index (χ0n) is 17.4. The summed E-state index contributed by atoms with van der Waals surface area (Å²) in [5, 5.41) is 15.6. The topological polar surface area (TPSA) is 87.3 Å². The van der Waals surface area contributed by atoms with Crippen LogP contribution in [0.1, 0.15) is 25.3 Å². The van der Waals surface area contributed by atoms with Crippen molar-refractivity contribution in [2.24, 2.45) is 10.1 Å². The predicted molar refractivity (Wildman–Crippen MR) is 131 cm³/mol. The summed E-state index contributed by atoms with van der Waals surface area (Å²) in [6, 6.07) is 14.9. The van der Waals surface area contributed by atoms with Crippen molar-refractivity contribution in [1.82, 2.24) is 5.01 Å². The maximum atomic E-state index is 12.5. The van der Waals surface area contributed by atoms with Gasteiger partial charge in [0.2, 0.25) is 5.17 Å². The number of nitrogens with one attached hydrogen (secondary N) is 1. The van der Waals surface area contributed by atoms with Gasteiger partial charge in [0, 0.05) is 4.47 Å². The van der Waals surface area contributed by atoms with Crippen LogP contribution in [-0.2, 0) is 4.79 Å². The van der Waals surface area contributed by atoms with Crippen molar-refractivity contribution in [3.05, 3.63) is 64.1 Å². The summed E-state index contributed by atoms with van der Waals surface area (Å²) in [6.07, 6.45) is 3.39. The fourth-order valence-corrected chi connectivity index (χ4v) is 4.31. The normalized spacial score (nSPS) is 16.7. The minimum Gasteiger partial charge on any atom is -0.490 e. The molecule has 0 aliphatic carbocycles. The molecule has 0 spiro atoms. The number of halogens is 1. The lowest BCUT2D eigenvalue weighted by atomic mass is 10.1. The first-order chi connectivity index (χ1) is 15.5. The van der Waals surface area contributed by atoms with Crippen LogP contribution in [-0.4, -0.2) is 40.2 Å². The molecule has 0 aromatic heterocycles. The molecule has 1 amide bonds. The molecule has 0 radical (unpaired) electrons. The van der Waals surface area contributed by atoms with Gasteiger partial charge in [-0.2, -0.15) is 15.1 Å². The zero-order chi connectivity index (χ0) is 22.5. The maximum absolute atomic E-state index is 12.5. The lowest BCUT2D eigenvalue weighted by Gasteiger charge is -2.20. The number of aliphatic imine (C=N–C) groups is 1. The summed E-state index contributed by atoms with van der Waals surface area (Å²) in [5.74, 6) is 1.02. The molecule has 0 saturated carbocycles. The van der Waals surface area contributed by atoms with E-state index in [1.54, 1.807) is 6.08 Å². The summed E-state index contributed by atoms with van der Waals surface area (Å²) < 4.78 is 12.4. The fourth-order valence-electron chi connectivity index (χ4n) is 3.06. The largest absolute Gasteiger partial charge is 0.490 e. The van der Waals surface area contributed by atoms with Gasteiger partial charge in [-0.25, -0.2) is 0 Å². The molecule has 0 bridgehead atoms. The standard InChI is InChI=1S/C23H21BrN4O3S/c1-2-4-20-27-28-21(25)19(22(29)26-23(28)32-20)14-15-5-3-6-18(13-15)31-12-11-30-17-9-7-16(24)8-10-17/h3,5-10,13-14,25H,2,4,11-12H2,1H3. The van der Waals surface area contributed by atoms with Gasteiger partial charge in [-0.05, 0) is 72.6 Å². The quantitative estimate of drug-likeness (QED) is 0.381. The number of hydrogen-bond donors (Lipinski definition) is 1. The first-order valence-corrected chi connectivity index (χ1v) is 11.7. The Morgan fingerprint density at radius 3 is 2.62 bits per heavy atom. The number of ether oxygens (including phenoxy) is 2. The number of thioether (sulfide) groups is 1. The lowest BCUT2D eigenvalue weighted by Crippen LogP contribution is -2.35. The molecule has 32 heavy (non-hydrogen) atoms. The highest BCUT2D eigenvalue weighted by molar-refractivity contribution is 9.10. The van der Waals surface area contributed by atoms with Gasteiger partial charge >= 0.3 is 0 Å². The Bertz CT molecular complexity index is 1130. The average Bonchev–Trinajstić information content (AvgIpc) is 3.18. The maximum Gasteiger partial charge on any atom is 0.283 e. The SMILES string of the molecule is CCCC1=NN2C(=N)C(=Cc3cccc(OCCOc4ccc(Br)cc4)c3)C(=O)N=C2S1. The van der Waals surface area contributed by atoms with E-state index in [9.17, 15) is 4.79 Å². The van der Waals surface area contributed by atoms with E-state index in [0.717, 1.165) is 33.7 Å². The third-order valence-corrected chi connectivity index (χ3v) is 6.06. The molecule has 9 heteroatoms. The summed E-state index contributed by atoms with van der Waals surface area (Å²) >= 11 is 4.74. The van der Waals surface area contributed by atoms with Crippen molar-refractivity contribution < 1.29 is 14.3 Å². The number of carbonyl (C=O) groups is 1. The molecule has 1 N–H and O–H groups in total. The lowest BCUT2D eigenvalue weighted by molar-refractivity contribution is -0.114. The van der Waals surface area contributed by atoms with Gasteiger partial charge < -0.3 is 9.47 Å². The molecular weight excluding hydrogens is 492 g/mol. The van der Waals surface area contributed by atoms with Gasteiger partial charge in [0.25, 0.3) is 5.91 Å². The Morgan fingerprint density at radius 1 is 1.12 bits per heavy atom. The summed E-state index contributed by atoms with van der Waals surface area (Å²) in [6.45, 7) is 2.84. The second-order valence-corrected chi connectivity index (χ2v) is 8.94. The molecule has 0 atom stereocenters. The van der Waals surface area contributed by atoms with Crippen LogP contribution in [0.3, 0.4) is 0 Å². The number of carbonyl (C=O) groups excluding carboxylic acids is 1. The van der Waals surface area contributed by atoms with E-state index in [0.29, 0.717) is 24.1 Å². The molecule has 2 aromatic carbocycles. The number of fused-ring (bicyclic) bond motifs is 1. The number of nitrogens with zero attached hydrogens (tertiary/aromatic N) is 3. The third-order valence-electron chi connectivity index (χ3n) is 4.56. The molecule has 7 nitrogen and oxygen atoms in total. The van der Waals surface area contributed by atoms with Gasteiger partial charge in [0.15, 0.2) is 5.84 Å². The minimum atomic E-state index is -0.434. The number of amides is 1. The zero-order valence-corrected chi connectivity index (χ0v) is 19.8. The molecule has 0 unspecified atom stereocenters. The van der Waals surface area contributed by atoms with Crippen LogP contribution in [0.4, 0.5) is 0 Å². The number of hydrogen-bond acceptors (Lipinski definition) is 6. The third kappa shape index (κ3) is 5.28. The molecule has 0 saturated heterocycles. The Morgan fingerprint density at radius 2 is 1.88 bits per heavy atom. The fraction of sp³-hybridized carbons (Fsp3) is 0.217. The van der Waals surface area contributed by atoms with Crippen molar-refractivity contribution in [2.45, 2.75) is 19.8 Å². The molecule has 2 aromatic rings. The summed E-state index contributed by atoms with van der Waals surface area (Å²) in [7, 11) is 0. The van der Waals surface area contributed by atoms with Gasteiger partial charge in [0.1, 0.15) is 29.8 Å². The van der Waals surface area contributed by atoms with Gasteiger partial charge in [-0.1, -0.05) is 35.0 Å². The summed E-state index contributed by atoms with van der Waals surface area (Å²) in [4.78, 5) is 16.6. The smallest absolute Gasteiger partial charge is 0.283 e. The Kier molecular flexibility index (Phi) is 7.06. The first-order valence-electron chi connectivity index (χ1n) is 10.1. The van der Waals surface area contributed by atoms with E-state index in [4.69, 9.17) is 14.9 Å². The van der Waals surface area contributed by atoms with Crippen LogP contribution in [0.2, 0.25) is 0 Å². The van der Waals surface area contributed by atoms with Crippen molar-refractivity contribution in [1.29, 1.82) is 5.41 Å². The van der Waals surface area contributed by atoms with Gasteiger partial charge in [-0.3, -0.25) is 10.2 Å². The Hall–Kier alpha value is -2.91. The molecule has 2 aliphatic rings. The summed E-state index contributed by atoms with van der Waals surface area (Å²) in [5.41, 5.74) is 0.944. The van der Waals surface area contributed by atoms with E-state index in [1.165, 1.54) is 16.8 Å². The predicted octanol–water partition coefficient (Wildman–Crippen LogP) is 5.33. The highest BCUT2D eigenvalue weighted by atomic mass is 79.9. The minimum absolute atomic E-state index is 0.0350. The second kappa shape index (κ2) is 10.1. The highest BCUT2D eigenvalue weighted by Gasteiger charge is 2.35. The van der Waals surface area contributed by atoms with E-state index in [-0.39, 0.29) is 11.4 Å². The van der Waals surface area contributed by atoms with Crippen molar-refractivity contribution in [3.8, 4) is 11.5 Å². The second-order valence-electron chi connectivity index (χ2n) is 6.99. The van der Waals surface area contributed by atoms with Crippen LogP contribution in [0.5, 0.6) is 11.5 Å². The van der Waals surface area contributed by atoms with Crippen LogP contribution >= 0.6 is 27.7 Å². The van der Waals surface area contributed by atoms with E-state index in [2.05, 4.69) is 32.9 Å². The van der Waals surface area contributed by atoms with Crippen molar-refractivity contribution in [2.75, 3.05) is 13.2 Å². The van der Waals surface area contributed by atoms with Crippen LogP contribution in [0.25, 0.3) is 6.08 Å². The molecular formula is C23H21BrN4O3S. The molecule has 2 heterocycles. The molecule has 2 aliphatic heterocycles. The van der Waals surface area contributed by atoms with Gasteiger partial charge in [-0.15, -0.1) is 0 Å². The highest BCUT2D eigenvalue weighted by Crippen LogP contribution is 2.30.